The Morgan fingerprint density at radius 2 is 1.86 bits per heavy atom. The topological polar surface area (TPSA) is 91.2 Å². The van der Waals surface area contributed by atoms with Crippen LogP contribution < -0.4 is 15.4 Å². The number of hydrogen-bond acceptors (Lipinski definition) is 7. The van der Waals surface area contributed by atoms with Crippen LogP contribution in [0.5, 0.6) is 5.75 Å². The van der Waals surface area contributed by atoms with E-state index in [4.69, 9.17) is 4.74 Å². The molecule has 0 spiro atoms. The summed E-state index contributed by atoms with van der Waals surface area (Å²) >= 11 is 2.76. The second-order valence-electron chi connectivity index (χ2n) is 7.70. The number of thioether (sulfide) groups is 1. The fraction of sp³-hybridized carbons (Fsp3) is 0.148. The lowest BCUT2D eigenvalue weighted by Crippen LogP contribution is -2.30. The van der Waals surface area contributed by atoms with Gasteiger partial charge in [0.15, 0.2) is 5.78 Å². The number of amides is 1. The SMILES string of the molecule is COc1ccccc1NC(=O)C1=C(C)NC(SCC(=O)c2ccccc2)=C(C#N)[C@H]1c1cccs1. The molecule has 1 amide bonds. The van der Waals surface area contributed by atoms with Crippen molar-refractivity contribution in [1.29, 1.82) is 5.26 Å². The number of benzene rings is 2. The standard InChI is InChI=1S/C27H23N3O3S2/c1-17-24(26(32)30-20-11-6-7-12-22(20)33-2)25(23-13-8-14-34-23)19(15-28)27(29-17)35-16-21(31)18-9-4-3-5-10-18/h3-14,25,29H,16H2,1-2H3,(H,30,32)/t25-/m0/s1. The minimum Gasteiger partial charge on any atom is -0.495 e. The Labute approximate surface area is 212 Å². The van der Waals surface area contributed by atoms with Crippen molar-refractivity contribution in [3.05, 3.63) is 104 Å². The molecule has 176 valence electrons. The van der Waals surface area contributed by atoms with Crippen LogP contribution in [0.1, 0.15) is 28.1 Å². The minimum atomic E-state index is -0.551. The number of methoxy groups -OCH3 is 1. The van der Waals surface area contributed by atoms with Gasteiger partial charge in [-0.2, -0.15) is 5.26 Å². The number of thiophene rings is 1. The third-order valence-electron chi connectivity index (χ3n) is 5.52. The lowest BCUT2D eigenvalue weighted by Gasteiger charge is -2.29. The van der Waals surface area contributed by atoms with Crippen LogP contribution in [0.4, 0.5) is 5.69 Å². The van der Waals surface area contributed by atoms with E-state index < -0.39 is 5.92 Å². The van der Waals surface area contributed by atoms with E-state index in [0.29, 0.717) is 38.9 Å². The van der Waals surface area contributed by atoms with Crippen molar-refractivity contribution < 1.29 is 14.3 Å². The van der Waals surface area contributed by atoms with E-state index >= 15 is 0 Å². The van der Waals surface area contributed by atoms with Crippen molar-refractivity contribution in [3.8, 4) is 11.8 Å². The number of dihydropyridines is 1. The van der Waals surface area contributed by atoms with Crippen LogP contribution in [0.15, 0.2) is 94.0 Å². The minimum absolute atomic E-state index is 0.0313. The Morgan fingerprint density at radius 3 is 2.54 bits per heavy atom. The number of ketones is 1. The highest BCUT2D eigenvalue weighted by atomic mass is 32.2. The van der Waals surface area contributed by atoms with Crippen molar-refractivity contribution in [2.45, 2.75) is 12.8 Å². The Morgan fingerprint density at radius 1 is 1.11 bits per heavy atom. The Kier molecular flexibility index (Phi) is 7.70. The molecule has 3 aromatic rings. The quantitative estimate of drug-likeness (QED) is 0.384. The van der Waals surface area contributed by atoms with Crippen LogP contribution in [-0.4, -0.2) is 24.6 Å². The maximum absolute atomic E-state index is 13.5. The first-order valence-electron chi connectivity index (χ1n) is 10.8. The lowest BCUT2D eigenvalue weighted by molar-refractivity contribution is -0.113. The molecule has 0 fully saturated rings. The van der Waals surface area contributed by atoms with Gasteiger partial charge in [-0.1, -0.05) is 60.3 Å². The average Bonchev–Trinajstić information content (AvgIpc) is 3.42. The maximum atomic E-state index is 13.5. The van der Waals surface area contributed by atoms with Gasteiger partial charge in [0.25, 0.3) is 5.91 Å². The number of allylic oxidation sites excluding steroid dienone is 2. The number of para-hydroxylation sites is 2. The van der Waals surface area contributed by atoms with Crippen molar-refractivity contribution in [3.63, 3.8) is 0 Å². The first-order valence-corrected chi connectivity index (χ1v) is 12.7. The molecule has 4 rings (SSSR count). The highest BCUT2D eigenvalue weighted by Gasteiger charge is 2.35. The van der Waals surface area contributed by atoms with Gasteiger partial charge in [0, 0.05) is 21.7 Å². The molecular formula is C27H23N3O3S2. The third-order valence-corrected chi connectivity index (χ3v) is 7.47. The zero-order valence-corrected chi connectivity index (χ0v) is 20.8. The highest BCUT2D eigenvalue weighted by Crippen LogP contribution is 2.42. The molecule has 1 aliphatic heterocycles. The third kappa shape index (κ3) is 5.32. The smallest absolute Gasteiger partial charge is 0.254 e. The molecule has 8 heteroatoms. The molecule has 6 nitrogen and oxygen atoms in total. The summed E-state index contributed by atoms with van der Waals surface area (Å²) in [4.78, 5) is 27.1. The van der Waals surface area contributed by atoms with E-state index in [-0.39, 0.29) is 17.4 Å². The number of nitrogens with one attached hydrogen (secondary N) is 2. The summed E-state index contributed by atoms with van der Waals surface area (Å²) in [6.07, 6.45) is 0. The molecule has 1 atom stereocenters. The predicted octanol–water partition coefficient (Wildman–Crippen LogP) is 5.71. The Bertz CT molecular complexity index is 1340. The van der Waals surface area contributed by atoms with Gasteiger partial charge in [0.1, 0.15) is 5.75 Å². The summed E-state index contributed by atoms with van der Waals surface area (Å²) in [5.74, 6) is -0.191. The number of carbonyl (C=O) groups is 2. The van der Waals surface area contributed by atoms with Crippen molar-refractivity contribution in [2.75, 3.05) is 18.2 Å². The maximum Gasteiger partial charge on any atom is 0.254 e. The first-order chi connectivity index (χ1) is 17.0. The molecule has 1 aromatic heterocycles. The number of rotatable bonds is 8. The van der Waals surface area contributed by atoms with Crippen LogP contribution >= 0.6 is 23.1 Å². The van der Waals surface area contributed by atoms with Gasteiger partial charge in [-0.05, 0) is 30.5 Å². The van der Waals surface area contributed by atoms with E-state index in [0.717, 1.165) is 4.88 Å². The van der Waals surface area contributed by atoms with Crippen molar-refractivity contribution in [1.82, 2.24) is 5.32 Å². The van der Waals surface area contributed by atoms with E-state index in [9.17, 15) is 14.9 Å². The van der Waals surface area contributed by atoms with Gasteiger partial charge in [-0.25, -0.2) is 0 Å². The van der Waals surface area contributed by atoms with Gasteiger partial charge in [0.05, 0.1) is 41.1 Å². The molecule has 0 saturated heterocycles. The number of hydrogen-bond donors (Lipinski definition) is 2. The molecule has 2 heterocycles. The normalized spacial score (nSPS) is 15.3. The van der Waals surface area contributed by atoms with Gasteiger partial charge in [-0.3, -0.25) is 9.59 Å². The zero-order chi connectivity index (χ0) is 24.8. The Balaban J connectivity index is 1.65. The van der Waals surface area contributed by atoms with E-state index in [2.05, 4.69) is 16.7 Å². The van der Waals surface area contributed by atoms with Crippen LogP contribution in [0.3, 0.4) is 0 Å². The first kappa shape index (κ1) is 24.3. The summed E-state index contributed by atoms with van der Waals surface area (Å²) < 4.78 is 5.37. The van der Waals surface area contributed by atoms with Crippen LogP contribution in [0.25, 0.3) is 0 Å². The van der Waals surface area contributed by atoms with Crippen LogP contribution in [-0.2, 0) is 4.79 Å². The lowest BCUT2D eigenvalue weighted by atomic mass is 9.86. The van der Waals surface area contributed by atoms with Crippen LogP contribution in [0, 0.1) is 11.3 Å². The number of anilines is 1. The number of Topliss-reactive ketones (excluding diaryl/α,β-unsaturated/α-hetero) is 1. The van der Waals surface area contributed by atoms with Crippen molar-refractivity contribution >= 4 is 40.5 Å². The van der Waals surface area contributed by atoms with E-state index in [1.54, 1.807) is 31.4 Å². The molecule has 0 aliphatic carbocycles. The molecule has 2 aromatic carbocycles. The summed E-state index contributed by atoms with van der Waals surface area (Å²) in [5.41, 5.74) is 2.65. The molecular weight excluding hydrogens is 478 g/mol. The van der Waals surface area contributed by atoms with E-state index in [1.807, 2.05) is 54.8 Å². The van der Waals surface area contributed by atoms with Gasteiger partial charge in [0.2, 0.25) is 0 Å². The van der Waals surface area contributed by atoms with Crippen molar-refractivity contribution in [2.24, 2.45) is 0 Å². The zero-order valence-electron chi connectivity index (χ0n) is 19.2. The fourth-order valence-corrected chi connectivity index (χ4v) is 5.68. The highest BCUT2D eigenvalue weighted by molar-refractivity contribution is 8.03. The molecule has 2 N–H and O–H groups in total. The fourth-order valence-electron chi connectivity index (χ4n) is 3.85. The molecule has 0 radical (unpaired) electrons. The average molecular weight is 502 g/mol. The molecule has 1 aliphatic rings. The second-order valence-corrected chi connectivity index (χ2v) is 9.66. The van der Waals surface area contributed by atoms with Gasteiger partial charge >= 0.3 is 0 Å². The largest absolute Gasteiger partial charge is 0.495 e. The molecule has 35 heavy (non-hydrogen) atoms. The summed E-state index contributed by atoms with van der Waals surface area (Å²) in [5, 5.41) is 18.8. The molecule has 0 bridgehead atoms. The van der Waals surface area contributed by atoms with Gasteiger partial charge in [-0.15, -0.1) is 11.3 Å². The number of nitrogens with zero attached hydrogens (tertiary/aromatic N) is 1. The number of nitriles is 1. The summed E-state index contributed by atoms with van der Waals surface area (Å²) in [6.45, 7) is 1.81. The predicted molar refractivity (Wildman–Crippen MR) is 140 cm³/mol. The molecule has 0 unspecified atom stereocenters. The Hall–Kier alpha value is -3.80. The van der Waals surface area contributed by atoms with Gasteiger partial charge < -0.3 is 15.4 Å². The molecule has 0 saturated carbocycles. The number of ether oxygens (including phenoxy) is 1. The second kappa shape index (κ2) is 11.1. The summed E-state index contributed by atoms with van der Waals surface area (Å²) in [7, 11) is 1.54. The van der Waals surface area contributed by atoms with Crippen LogP contribution in [0.2, 0.25) is 0 Å². The number of carbonyl (C=O) groups excluding carboxylic acids is 2. The summed E-state index contributed by atoms with van der Waals surface area (Å²) in [6, 6.07) is 22.3. The monoisotopic (exact) mass is 501 g/mol. The van der Waals surface area contributed by atoms with E-state index in [1.165, 1.54) is 23.1 Å².